The lowest BCUT2D eigenvalue weighted by molar-refractivity contribution is -0.142. The number of nitrogens with zero attached hydrogens (tertiary/aromatic N) is 1. The Morgan fingerprint density at radius 3 is 1.84 bits per heavy atom. The molecule has 24 nitrogen and oxygen atoms in total. The zero-order chi connectivity index (χ0) is 48.7. The highest BCUT2D eigenvalue weighted by atomic mass is 32.2. The second-order valence-electron chi connectivity index (χ2n) is 15.9. The summed E-state index contributed by atoms with van der Waals surface area (Å²) in [5.74, 6) is -9.54. The van der Waals surface area contributed by atoms with Crippen LogP contribution in [0.5, 0.6) is 0 Å². The minimum Gasteiger partial charge on any atom is -0.480 e. The SMILES string of the molecule is CC[C@H](C)[C@H](NC(=O)[C@H](CO)NC(=O)[C@H](CCC(N)=O)NC(=O)[C@@H]1CCCN1C(=O)CNC(=O)[C@@H](N)CCSC)C(=O)N[C@@H](CC(C)C)C(=O)NCC(=O)N[C@@H](CCC(N)=O)C(=O)O. The third-order valence-corrected chi connectivity index (χ3v) is 10.9. The second-order valence-corrected chi connectivity index (χ2v) is 16.9. The molecule has 1 rings (SSSR count). The van der Waals surface area contributed by atoms with Gasteiger partial charge in [-0.1, -0.05) is 34.1 Å². The topological polar surface area (TPSA) is 394 Å². The monoisotopic (exact) mass is 929 g/mol. The summed E-state index contributed by atoms with van der Waals surface area (Å²) in [6.45, 7) is 4.95. The van der Waals surface area contributed by atoms with Crippen LogP contribution in [0, 0.1) is 11.8 Å². The molecule has 0 spiro atoms. The molecule has 1 aliphatic heterocycles. The summed E-state index contributed by atoms with van der Waals surface area (Å²) < 4.78 is 0. The van der Waals surface area contributed by atoms with E-state index in [1.807, 2.05) is 6.26 Å². The number of rotatable bonds is 30. The van der Waals surface area contributed by atoms with Crippen LogP contribution in [0.1, 0.15) is 85.5 Å². The van der Waals surface area contributed by atoms with E-state index in [0.29, 0.717) is 25.0 Å². The number of carbonyl (C=O) groups is 11. The Bertz CT molecular complexity index is 1670. The summed E-state index contributed by atoms with van der Waals surface area (Å²) in [5.41, 5.74) is 16.3. The molecule has 0 aromatic rings. The van der Waals surface area contributed by atoms with Gasteiger partial charge >= 0.3 is 5.97 Å². The van der Waals surface area contributed by atoms with Gasteiger partial charge in [0.25, 0.3) is 0 Å². The van der Waals surface area contributed by atoms with Crippen LogP contribution in [0.4, 0.5) is 0 Å². The number of primary amides is 2. The van der Waals surface area contributed by atoms with Crippen LogP contribution in [0.2, 0.25) is 0 Å². The highest BCUT2D eigenvalue weighted by molar-refractivity contribution is 7.98. The zero-order valence-electron chi connectivity index (χ0n) is 37.1. The number of likely N-dealkylation sites (tertiary alicyclic amines) is 1. The summed E-state index contributed by atoms with van der Waals surface area (Å²) in [7, 11) is 0. The average molecular weight is 930 g/mol. The molecule has 1 aliphatic rings. The molecular weight excluding hydrogens is 863 g/mol. The van der Waals surface area contributed by atoms with Crippen LogP contribution in [-0.2, 0) is 52.7 Å². The van der Waals surface area contributed by atoms with Gasteiger partial charge in [-0.2, -0.15) is 11.8 Å². The number of nitrogens with two attached hydrogens (primary N) is 3. The highest BCUT2D eigenvalue weighted by Crippen LogP contribution is 2.18. The lowest BCUT2D eigenvalue weighted by Crippen LogP contribution is -2.61. The van der Waals surface area contributed by atoms with Gasteiger partial charge in [-0.05, 0) is 62.4 Å². The van der Waals surface area contributed by atoms with Crippen LogP contribution in [0.3, 0.4) is 0 Å². The van der Waals surface area contributed by atoms with Gasteiger partial charge in [0.15, 0.2) is 0 Å². The number of thioether (sulfide) groups is 1. The number of hydrogen-bond donors (Lipinski definition) is 12. The van der Waals surface area contributed by atoms with Gasteiger partial charge in [0.2, 0.25) is 59.1 Å². The quantitative estimate of drug-likeness (QED) is 0.0323. The normalized spacial score (nSPS) is 16.7. The standard InChI is InChI=1S/C39H67N11O13S/c1-6-21(4)32(38(61)47-25(16-20(2)3)34(57)43-17-30(54)45-24(39(62)63)10-12-29(42)53)49-36(59)26(19-51)48-35(58)23(9-11-28(41)52)46-37(60)27-8-7-14-50(27)31(55)18-44-33(56)22(40)13-15-64-5/h20-27,32,51H,6-19,40H2,1-5H3,(H2,41,52)(H2,42,53)(H,43,57)(H,44,56)(H,45,54)(H,46,60)(H,47,61)(H,48,58)(H,49,59)(H,62,63)/t21-,22-,23-,24-,25-,26-,27-,32-/m0/s1. The number of aliphatic hydroxyl groups is 1. The molecule has 15 N–H and O–H groups in total. The number of nitrogens with one attached hydrogen (secondary N) is 7. The summed E-state index contributed by atoms with van der Waals surface area (Å²) in [6, 6.07) is -9.08. The average Bonchev–Trinajstić information content (AvgIpc) is 3.74. The molecule has 8 atom stereocenters. The fraction of sp³-hybridized carbons (Fsp3) is 0.718. The van der Waals surface area contributed by atoms with E-state index < -0.39 is 133 Å². The first-order chi connectivity index (χ1) is 30.1. The van der Waals surface area contributed by atoms with Crippen molar-refractivity contribution in [1.29, 1.82) is 0 Å². The van der Waals surface area contributed by atoms with Gasteiger partial charge in [0.05, 0.1) is 25.7 Å². The van der Waals surface area contributed by atoms with Crippen molar-refractivity contribution in [2.45, 2.75) is 128 Å². The van der Waals surface area contributed by atoms with Crippen molar-refractivity contribution < 1.29 is 63.0 Å². The molecule has 1 heterocycles. The summed E-state index contributed by atoms with van der Waals surface area (Å²) in [6.07, 6.45) is 1.99. The molecule has 0 bridgehead atoms. The fourth-order valence-electron chi connectivity index (χ4n) is 6.40. The van der Waals surface area contributed by atoms with Crippen LogP contribution < -0.4 is 54.4 Å². The maximum atomic E-state index is 13.7. The Labute approximate surface area is 376 Å². The van der Waals surface area contributed by atoms with Crippen LogP contribution in [0.25, 0.3) is 0 Å². The van der Waals surface area contributed by atoms with E-state index >= 15 is 0 Å². The van der Waals surface area contributed by atoms with Crippen molar-refractivity contribution in [3.05, 3.63) is 0 Å². The van der Waals surface area contributed by atoms with E-state index in [9.17, 15) is 63.0 Å². The molecule has 1 saturated heterocycles. The summed E-state index contributed by atoms with van der Waals surface area (Å²) in [4.78, 5) is 141. The van der Waals surface area contributed by atoms with Crippen molar-refractivity contribution in [3.8, 4) is 0 Å². The molecule has 362 valence electrons. The number of carbonyl (C=O) groups excluding carboxylic acids is 10. The van der Waals surface area contributed by atoms with Crippen LogP contribution >= 0.6 is 11.8 Å². The van der Waals surface area contributed by atoms with Crippen molar-refractivity contribution >= 4 is 76.8 Å². The lowest BCUT2D eigenvalue weighted by Gasteiger charge is -2.29. The largest absolute Gasteiger partial charge is 0.480 e. The summed E-state index contributed by atoms with van der Waals surface area (Å²) >= 11 is 1.51. The van der Waals surface area contributed by atoms with E-state index in [1.54, 1.807) is 27.7 Å². The number of carboxylic acids is 1. The van der Waals surface area contributed by atoms with Crippen molar-refractivity contribution in [3.63, 3.8) is 0 Å². The zero-order valence-corrected chi connectivity index (χ0v) is 37.9. The number of carboxylic acid groups (broad SMARTS) is 1. The van der Waals surface area contributed by atoms with E-state index in [0.717, 1.165) is 0 Å². The van der Waals surface area contributed by atoms with Gasteiger partial charge < -0.3 is 69.5 Å². The van der Waals surface area contributed by atoms with Gasteiger partial charge in [-0.3, -0.25) is 47.9 Å². The maximum Gasteiger partial charge on any atom is 0.326 e. The molecule has 0 aromatic heterocycles. The number of aliphatic hydroxyl groups excluding tert-OH is 1. The van der Waals surface area contributed by atoms with Crippen molar-refractivity contribution in [1.82, 2.24) is 42.1 Å². The van der Waals surface area contributed by atoms with Gasteiger partial charge in [-0.15, -0.1) is 0 Å². The van der Waals surface area contributed by atoms with Gasteiger partial charge in [0, 0.05) is 19.4 Å². The Morgan fingerprint density at radius 1 is 0.719 bits per heavy atom. The molecule has 1 fully saturated rings. The number of aliphatic carboxylic acids is 1. The fourth-order valence-corrected chi connectivity index (χ4v) is 6.89. The van der Waals surface area contributed by atoms with E-state index in [2.05, 4.69) is 37.2 Å². The Morgan fingerprint density at radius 2 is 1.30 bits per heavy atom. The second kappa shape index (κ2) is 29.0. The minimum atomic E-state index is -1.69. The van der Waals surface area contributed by atoms with Crippen molar-refractivity contribution in [2.75, 3.05) is 38.2 Å². The number of amides is 10. The number of hydrogen-bond acceptors (Lipinski definition) is 14. The molecule has 0 radical (unpaired) electrons. The lowest BCUT2D eigenvalue weighted by atomic mass is 9.96. The van der Waals surface area contributed by atoms with Gasteiger partial charge in [0.1, 0.15) is 36.3 Å². The minimum absolute atomic E-state index is 0.0704. The van der Waals surface area contributed by atoms with Crippen LogP contribution in [-0.4, -0.2) is 161 Å². The molecule has 0 aromatic carbocycles. The molecule has 64 heavy (non-hydrogen) atoms. The summed E-state index contributed by atoms with van der Waals surface area (Å²) in [5, 5.41) is 36.5. The maximum absolute atomic E-state index is 13.7. The molecular formula is C39H67N11O13S. The Balaban J connectivity index is 3.10. The predicted octanol–water partition coefficient (Wildman–Crippen LogP) is -4.59. The Hall–Kier alpha value is -5.56. The van der Waals surface area contributed by atoms with Crippen molar-refractivity contribution in [2.24, 2.45) is 29.0 Å². The molecule has 10 amide bonds. The van der Waals surface area contributed by atoms with Crippen LogP contribution in [0.15, 0.2) is 0 Å². The molecule has 25 heteroatoms. The third-order valence-electron chi connectivity index (χ3n) is 10.3. The van der Waals surface area contributed by atoms with E-state index in [1.165, 1.54) is 16.7 Å². The molecule has 0 unspecified atom stereocenters. The van der Waals surface area contributed by atoms with Gasteiger partial charge in [-0.25, -0.2) is 4.79 Å². The third kappa shape index (κ3) is 20.3. The first-order valence-corrected chi connectivity index (χ1v) is 22.5. The highest BCUT2D eigenvalue weighted by Gasteiger charge is 2.38. The molecule has 0 saturated carbocycles. The predicted molar refractivity (Wildman–Crippen MR) is 232 cm³/mol. The van der Waals surface area contributed by atoms with E-state index in [4.69, 9.17) is 17.2 Å². The Kier molecular flexibility index (Phi) is 25.6. The first kappa shape index (κ1) is 56.5. The smallest absolute Gasteiger partial charge is 0.326 e. The molecule has 0 aliphatic carbocycles. The van der Waals surface area contributed by atoms with E-state index in [-0.39, 0.29) is 51.0 Å². The first-order valence-electron chi connectivity index (χ1n) is 21.1.